The molecule has 7 nitrogen and oxygen atoms in total. The average molecular weight is 335 g/mol. The van der Waals surface area contributed by atoms with E-state index in [9.17, 15) is 9.59 Å². The van der Waals surface area contributed by atoms with Crippen molar-refractivity contribution in [1.29, 1.82) is 5.26 Å². The number of nitrogens with zero attached hydrogens (tertiary/aromatic N) is 4. The summed E-state index contributed by atoms with van der Waals surface area (Å²) in [7, 11) is 0. The topological polar surface area (TPSA) is 91.0 Å². The molecule has 1 aliphatic carbocycles. The molecule has 0 radical (unpaired) electrons. The number of aromatic nitrogens is 2. The Hall–Kier alpha value is -3.14. The molecule has 2 aliphatic rings. The standard InChI is InChI=1S/C18H17N5O2/c19-9-12-2-1-3-13(8-12)18(25)22-10-15-6-7-20-23(15)16(11-22)17(24)21-14-4-5-14/h1-3,6-8,14,16H,4-5,10-11H2,(H,21,24)/t16-/m0/s1. The molecule has 126 valence electrons. The lowest BCUT2D eigenvalue weighted by Gasteiger charge is -2.33. The molecule has 0 unspecified atom stereocenters. The van der Waals surface area contributed by atoms with Crippen molar-refractivity contribution in [2.24, 2.45) is 0 Å². The Kier molecular flexibility index (Phi) is 3.73. The maximum atomic E-state index is 12.9. The molecule has 1 aromatic carbocycles. The minimum Gasteiger partial charge on any atom is -0.351 e. The zero-order valence-electron chi connectivity index (χ0n) is 13.6. The second-order valence-corrected chi connectivity index (χ2v) is 6.44. The number of carbonyl (C=O) groups is 2. The summed E-state index contributed by atoms with van der Waals surface area (Å²) in [6.07, 6.45) is 3.67. The molecule has 1 aliphatic heterocycles. The highest BCUT2D eigenvalue weighted by molar-refractivity contribution is 5.95. The van der Waals surface area contributed by atoms with Crippen molar-refractivity contribution in [3.8, 4) is 6.07 Å². The van der Waals surface area contributed by atoms with Crippen molar-refractivity contribution in [2.45, 2.75) is 31.5 Å². The van der Waals surface area contributed by atoms with E-state index < -0.39 is 6.04 Å². The van der Waals surface area contributed by atoms with E-state index >= 15 is 0 Å². The lowest BCUT2D eigenvalue weighted by molar-refractivity contribution is -0.125. The van der Waals surface area contributed by atoms with Gasteiger partial charge in [-0.25, -0.2) is 0 Å². The van der Waals surface area contributed by atoms with E-state index in [4.69, 9.17) is 5.26 Å². The van der Waals surface area contributed by atoms with Gasteiger partial charge >= 0.3 is 0 Å². The van der Waals surface area contributed by atoms with Crippen LogP contribution in [0.15, 0.2) is 36.5 Å². The molecule has 0 spiro atoms. The predicted molar refractivity (Wildman–Crippen MR) is 88.3 cm³/mol. The van der Waals surface area contributed by atoms with E-state index in [-0.39, 0.29) is 24.4 Å². The maximum Gasteiger partial charge on any atom is 0.254 e. The number of carbonyl (C=O) groups excluding carboxylic acids is 2. The summed E-state index contributed by atoms with van der Waals surface area (Å²) in [5.74, 6) is -0.288. The first-order valence-corrected chi connectivity index (χ1v) is 8.28. The molecule has 1 aromatic heterocycles. The number of amides is 2. The van der Waals surface area contributed by atoms with E-state index in [0.29, 0.717) is 17.7 Å². The zero-order chi connectivity index (χ0) is 17.4. The summed E-state index contributed by atoms with van der Waals surface area (Å²) in [5.41, 5.74) is 1.72. The Morgan fingerprint density at radius 3 is 2.88 bits per heavy atom. The lowest BCUT2D eigenvalue weighted by Crippen LogP contribution is -2.47. The van der Waals surface area contributed by atoms with Crippen LogP contribution in [0.4, 0.5) is 0 Å². The predicted octanol–water partition coefficient (Wildman–Crippen LogP) is 1.23. The van der Waals surface area contributed by atoms with Crippen LogP contribution < -0.4 is 5.32 Å². The average Bonchev–Trinajstić information content (AvgIpc) is 3.32. The van der Waals surface area contributed by atoms with Crippen LogP contribution in [0.2, 0.25) is 0 Å². The Morgan fingerprint density at radius 2 is 2.12 bits per heavy atom. The highest BCUT2D eigenvalue weighted by Gasteiger charge is 2.35. The molecule has 1 atom stereocenters. The van der Waals surface area contributed by atoms with Gasteiger partial charge in [-0.1, -0.05) is 6.07 Å². The maximum absolute atomic E-state index is 12.9. The first-order chi connectivity index (χ1) is 12.2. The molecule has 25 heavy (non-hydrogen) atoms. The molecule has 2 heterocycles. The van der Waals surface area contributed by atoms with Gasteiger partial charge in [-0.15, -0.1) is 0 Å². The van der Waals surface area contributed by atoms with Crippen molar-refractivity contribution in [1.82, 2.24) is 20.0 Å². The van der Waals surface area contributed by atoms with Crippen molar-refractivity contribution in [3.05, 3.63) is 53.3 Å². The van der Waals surface area contributed by atoms with E-state index in [0.717, 1.165) is 18.5 Å². The van der Waals surface area contributed by atoms with E-state index in [2.05, 4.69) is 10.4 Å². The molecule has 2 amide bonds. The summed E-state index contributed by atoms with van der Waals surface area (Å²) in [6, 6.07) is 10.2. The fraction of sp³-hybridized carbons (Fsp3) is 0.333. The largest absolute Gasteiger partial charge is 0.351 e. The van der Waals surface area contributed by atoms with Gasteiger partial charge in [-0.05, 0) is 37.1 Å². The van der Waals surface area contributed by atoms with Crippen molar-refractivity contribution >= 4 is 11.8 Å². The van der Waals surface area contributed by atoms with Crippen molar-refractivity contribution < 1.29 is 9.59 Å². The van der Waals surface area contributed by atoms with Crippen LogP contribution >= 0.6 is 0 Å². The van der Waals surface area contributed by atoms with Gasteiger partial charge in [-0.2, -0.15) is 10.4 Å². The van der Waals surface area contributed by atoms with Crippen molar-refractivity contribution in [3.63, 3.8) is 0 Å². The summed E-state index contributed by atoms with van der Waals surface area (Å²) >= 11 is 0. The van der Waals surface area contributed by atoms with Gasteiger partial charge < -0.3 is 10.2 Å². The Labute approximate surface area is 144 Å². The van der Waals surface area contributed by atoms with Crippen LogP contribution in [0.5, 0.6) is 0 Å². The third-order valence-electron chi connectivity index (χ3n) is 4.55. The van der Waals surface area contributed by atoms with Gasteiger partial charge in [0.2, 0.25) is 5.91 Å². The fourth-order valence-electron chi connectivity index (χ4n) is 3.07. The number of fused-ring (bicyclic) bond motifs is 1. The molecule has 0 saturated heterocycles. The molecule has 1 N–H and O–H groups in total. The number of nitrogens with one attached hydrogen (secondary N) is 1. The monoisotopic (exact) mass is 335 g/mol. The van der Waals surface area contributed by atoms with E-state index in [1.54, 1.807) is 40.0 Å². The van der Waals surface area contributed by atoms with Gasteiger partial charge in [-0.3, -0.25) is 14.3 Å². The first-order valence-electron chi connectivity index (χ1n) is 8.28. The third kappa shape index (κ3) is 2.98. The van der Waals surface area contributed by atoms with E-state index in [1.165, 1.54) is 0 Å². The molecule has 0 bridgehead atoms. The number of rotatable bonds is 3. The molecule has 1 fully saturated rings. The number of hydrogen-bond acceptors (Lipinski definition) is 4. The fourth-order valence-corrected chi connectivity index (χ4v) is 3.07. The highest BCUT2D eigenvalue weighted by Crippen LogP contribution is 2.25. The van der Waals surface area contributed by atoms with Crippen LogP contribution in [-0.2, 0) is 11.3 Å². The summed E-state index contributed by atoms with van der Waals surface area (Å²) in [5, 5.41) is 16.3. The van der Waals surface area contributed by atoms with Crippen molar-refractivity contribution in [2.75, 3.05) is 6.54 Å². The Balaban J connectivity index is 1.59. The third-order valence-corrected chi connectivity index (χ3v) is 4.55. The van der Waals surface area contributed by atoms with Gasteiger partial charge in [0.25, 0.3) is 5.91 Å². The Bertz CT molecular complexity index is 878. The smallest absolute Gasteiger partial charge is 0.254 e. The lowest BCUT2D eigenvalue weighted by atomic mass is 10.1. The number of hydrogen-bond donors (Lipinski definition) is 1. The second kappa shape index (κ2) is 6.06. The van der Waals surface area contributed by atoms with Gasteiger partial charge in [0, 0.05) is 17.8 Å². The minimum absolute atomic E-state index is 0.101. The van der Waals surface area contributed by atoms with Crippen LogP contribution in [0.25, 0.3) is 0 Å². The Morgan fingerprint density at radius 1 is 1.28 bits per heavy atom. The van der Waals surface area contributed by atoms with Gasteiger partial charge in [0.05, 0.1) is 30.4 Å². The van der Waals surface area contributed by atoms with Crippen LogP contribution in [0.3, 0.4) is 0 Å². The first kappa shape index (κ1) is 15.4. The summed E-state index contributed by atoms with van der Waals surface area (Å²) < 4.78 is 1.70. The normalized spacial score (nSPS) is 19.0. The molecule has 4 rings (SSSR count). The molecule has 7 heteroatoms. The summed E-state index contributed by atoms with van der Waals surface area (Å²) in [6.45, 7) is 0.658. The van der Waals surface area contributed by atoms with Gasteiger partial charge in [0.15, 0.2) is 0 Å². The molecular weight excluding hydrogens is 318 g/mol. The second-order valence-electron chi connectivity index (χ2n) is 6.44. The van der Waals surface area contributed by atoms with Gasteiger partial charge in [0.1, 0.15) is 6.04 Å². The highest BCUT2D eigenvalue weighted by atomic mass is 16.2. The zero-order valence-corrected chi connectivity index (χ0v) is 13.6. The van der Waals surface area contributed by atoms with Crippen LogP contribution in [0, 0.1) is 11.3 Å². The summed E-state index contributed by atoms with van der Waals surface area (Å²) in [4.78, 5) is 27.1. The molecule has 2 aromatic rings. The van der Waals surface area contributed by atoms with E-state index in [1.807, 2.05) is 12.1 Å². The van der Waals surface area contributed by atoms with Crippen LogP contribution in [0.1, 0.15) is 40.5 Å². The molecule has 1 saturated carbocycles. The van der Waals surface area contributed by atoms with Crippen LogP contribution in [-0.4, -0.2) is 39.1 Å². The quantitative estimate of drug-likeness (QED) is 0.913. The SMILES string of the molecule is N#Cc1cccc(C(=O)N2Cc3ccnn3[C@H](C(=O)NC3CC3)C2)c1. The number of benzene rings is 1. The molecular formula is C18H17N5O2. The minimum atomic E-state index is -0.526. The number of nitriles is 1.